The molecule has 148 valence electrons. The van der Waals surface area contributed by atoms with E-state index in [9.17, 15) is 4.79 Å². The quantitative estimate of drug-likeness (QED) is 0.656. The third kappa shape index (κ3) is 4.14. The number of halogens is 1. The van der Waals surface area contributed by atoms with Crippen molar-refractivity contribution in [3.8, 4) is 5.75 Å². The van der Waals surface area contributed by atoms with Gasteiger partial charge in [0.15, 0.2) is 0 Å². The third-order valence-corrected chi connectivity index (χ3v) is 5.84. The van der Waals surface area contributed by atoms with Crippen LogP contribution in [0.3, 0.4) is 0 Å². The van der Waals surface area contributed by atoms with Gasteiger partial charge in [-0.2, -0.15) is 0 Å². The van der Waals surface area contributed by atoms with Gasteiger partial charge in [0.1, 0.15) is 23.3 Å². The summed E-state index contributed by atoms with van der Waals surface area (Å²) in [4.78, 5) is 23.5. The zero-order chi connectivity index (χ0) is 19.7. The summed E-state index contributed by atoms with van der Waals surface area (Å²) in [6, 6.07) is 5.86. The molecule has 1 saturated heterocycles. The number of aromatic nitrogens is 2. The van der Waals surface area contributed by atoms with Gasteiger partial charge in [0.25, 0.3) is 0 Å². The van der Waals surface area contributed by atoms with Gasteiger partial charge >= 0.3 is 5.97 Å². The van der Waals surface area contributed by atoms with E-state index in [1.54, 1.807) is 18.6 Å². The van der Waals surface area contributed by atoms with Crippen molar-refractivity contribution >= 4 is 27.7 Å². The van der Waals surface area contributed by atoms with Crippen LogP contribution in [0, 0.1) is 5.92 Å². The van der Waals surface area contributed by atoms with Crippen LogP contribution >= 0.6 is 15.9 Å². The summed E-state index contributed by atoms with van der Waals surface area (Å²) in [6.07, 6.45) is 6.98. The number of nitrogens with zero attached hydrogens (tertiary/aromatic N) is 3. The van der Waals surface area contributed by atoms with Crippen molar-refractivity contribution in [1.29, 1.82) is 0 Å². The monoisotopic (exact) mass is 445 g/mol. The fraction of sp³-hybridized carbons (Fsp3) is 0.476. The molecule has 0 saturated carbocycles. The largest absolute Gasteiger partial charge is 0.487 e. The van der Waals surface area contributed by atoms with Crippen LogP contribution in [0.4, 0.5) is 5.82 Å². The Kier molecular flexibility index (Phi) is 5.27. The summed E-state index contributed by atoms with van der Waals surface area (Å²) in [5.74, 6) is 1.44. The number of piperidine rings is 1. The van der Waals surface area contributed by atoms with Gasteiger partial charge in [0.2, 0.25) is 0 Å². The van der Waals surface area contributed by atoms with Crippen molar-refractivity contribution in [3.63, 3.8) is 0 Å². The van der Waals surface area contributed by atoms with Gasteiger partial charge in [-0.05, 0) is 44.9 Å². The minimum Gasteiger partial charge on any atom is -0.487 e. The van der Waals surface area contributed by atoms with E-state index in [-0.39, 0.29) is 23.6 Å². The predicted octanol–water partition coefficient (Wildman–Crippen LogP) is 4.30. The lowest BCUT2D eigenvalue weighted by Crippen LogP contribution is -2.39. The van der Waals surface area contributed by atoms with E-state index < -0.39 is 0 Å². The molecule has 28 heavy (non-hydrogen) atoms. The van der Waals surface area contributed by atoms with Crippen LogP contribution in [0.25, 0.3) is 0 Å². The molecule has 1 atom stereocenters. The first-order valence-electron chi connectivity index (χ1n) is 9.61. The van der Waals surface area contributed by atoms with Gasteiger partial charge in [-0.3, -0.25) is 9.78 Å². The minimum absolute atomic E-state index is 0.0884. The number of ether oxygens (including phenoxy) is 2. The van der Waals surface area contributed by atoms with Crippen molar-refractivity contribution in [2.45, 2.75) is 44.8 Å². The summed E-state index contributed by atoms with van der Waals surface area (Å²) < 4.78 is 13.0. The van der Waals surface area contributed by atoms with Crippen LogP contribution in [0.15, 0.2) is 41.3 Å². The molecule has 1 aromatic heterocycles. The zero-order valence-corrected chi connectivity index (χ0v) is 17.7. The summed E-state index contributed by atoms with van der Waals surface area (Å²) >= 11 is 3.51. The Morgan fingerprint density at radius 1 is 1.29 bits per heavy atom. The Morgan fingerprint density at radius 2 is 2.07 bits per heavy atom. The maximum absolute atomic E-state index is 12.9. The Labute approximate surface area is 173 Å². The topological polar surface area (TPSA) is 64.5 Å². The summed E-state index contributed by atoms with van der Waals surface area (Å²) in [5, 5.41) is 0. The number of rotatable bonds is 3. The number of anilines is 1. The summed E-state index contributed by atoms with van der Waals surface area (Å²) in [6.45, 7) is 5.61. The zero-order valence-electron chi connectivity index (χ0n) is 16.1. The number of benzene rings is 1. The fourth-order valence-corrected chi connectivity index (χ4v) is 4.28. The van der Waals surface area contributed by atoms with Gasteiger partial charge in [-0.25, -0.2) is 4.98 Å². The lowest BCUT2D eigenvalue weighted by atomic mass is 9.91. The molecule has 0 aliphatic carbocycles. The summed E-state index contributed by atoms with van der Waals surface area (Å²) in [5.41, 5.74) is 0.556. The Balaban J connectivity index is 1.42. The average Bonchev–Trinajstić information content (AvgIpc) is 2.69. The number of esters is 1. The number of carbonyl (C=O) groups excluding carboxylic acids is 1. The normalized spacial score (nSPS) is 21.5. The highest BCUT2D eigenvalue weighted by Crippen LogP contribution is 2.43. The molecule has 3 heterocycles. The van der Waals surface area contributed by atoms with Gasteiger partial charge in [0.05, 0.1) is 12.1 Å². The first-order valence-corrected chi connectivity index (χ1v) is 10.4. The van der Waals surface area contributed by atoms with Crippen molar-refractivity contribution in [1.82, 2.24) is 9.97 Å². The van der Waals surface area contributed by atoms with Crippen LogP contribution in [0.2, 0.25) is 0 Å². The van der Waals surface area contributed by atoms with Crippen molar-refractivity contribution in [3.05, 3.63) is 46.8 Å². The second-order valence-electron chi connectivity index (χ2n) is 8.00. The fourth-order valence-electron chi connectivity index (χ4n) is 3.90. The third-order valence-electron chi connectivity index (χ3n) is 5.34. The van der Waals surface area contributed by atoms with E-state index in [1.807, 2.05) is 32.0 Å². The Morgan fingerprint density at radius 3 is 2.79 bits per heavy atom. The van der Waals surface area contributed by atoms with Crippen LogP contribution in [-0.4, -0.2) is 34.6 Å². The molecule has 0 bridgehead atoms. The number of hydrogen-bond donors (Lipinski definition) is 0. The Bertz CT molecular complexity index is 851. The van der Waals surface area contributed by atoms with E-state index in [0.717, 1.165) is 47.5 Å². The van der Waals surface area contributed by atoms with E-state index in [0.29, 0.717) is 6.42 Å². The van der Waals surface area contributed by atoms with Crippen LogP contribution in [0.5, 0.6) is 5.75 Å². The van der Waals surface area contributed by atoms with E-state index in [2.05, 4.69) is 30.8 Å². The van der Waals surface area contributed by atoms with Gasteiger partial charge < -0.3 is 14.4 Å². The maximum atomic E-state index is 12.9. The molecule has 2 aliphatic rings. The highest BCUT2D eigenvalue weighted by molar-refractivity contribution is 9.10. The molecule has 0 N–H and O–H groups in total. The molecule has 0 amide bonds. The molecule has 7 heteroatoms. The first-order chi connectivity index (χ1) is 13.4. The van der Waals surface area contributed by atoms with E-state index >= 15 is 0 Å². The van der Waals surface area contributed by atoms with E-state index in [4.69, 9.17) is 9.47 Å². The molecule has 0 radical (unpaired) electrons. The molecule has 0 spiro atoms. The number of carbonyl (C=O) groups is 1. The highest BCUT2D eigenvalue weighted by Gasteiger charge is 2.37. The molecule has 1 aromatic carbocycles. The molecule has 0 unspecified atom stereocenters. The van der Waals surface area contributed by atoms with Gasteiger partial charge in [0, 0.05) is 41.9 Å². The minimum atomic E-state index is -0.374. The van der Waals surface area contributed by atoms with Crippen molar-refractivity contribution in [2.24, 2.45) is 5.92 Å². The lowest BCUT2D eigenvalue weighted by molar-refractivity contribution is -0.159. The number of hydrogen-bond acceptors (Lipinski definition) is 6. The molecular weight excluding hydrogens is 422 g/mol. The van der Waals surface area contributed by atoms with Crippen LogP contribution in [-0.2, 0) is 9.53 Å². The van der Waals surface area contributed by atoms with Crippen LogP contribution < -0.4 is 9.64 Å². The highest BCUT2D eigenvalue weighted by atomic mass is 79.9. The smallest absolute Gasteiger partial charge is 0.309 e. The van der Waals surface area contributed by atoms with Gasteiger partial charge in [-0.1, -0.05) is 15.9 Å². The molecule has 6 nitrogen and oxygen atoms in total. The molecule has 4 rings (SSSR count). The second kappa shape index (κ2) is 7.70. The first kappa shape index (κ1) is 19.2. The second-order valence-corrected chi connectivity index (χ2v) is 8.91. The predicted molar refractivity (Wildman–Crippen MR) is 109 cm³/mol. The summed E-state index contributed by atoms with van der Waals surface area (Å²) in [7, 11) is 0. The standard InChI is InChI=1S/C21H24BrN3O3/c1-21(2)12-18(16-11-15(22)3-4-17(16)28-21)27-20(26)14-5-9-25(10-6-14)19-13-23-7-8-24-19/h3-4,7-8,11,13-14,18H,5-6,9-10,12H2,1-2H3/t18-/m0/s1. The van der Waals surface area contributed by atoms with E-state index in [1.165, 1.54) is 0 Å². The lowest BCUT2D eigenvalue weighted by Gasteiger charge is -2.38. The average molecular weight is 446 g/mol. The van der Waals surface area contributed by atoms with Crippen molar-refractivity contribution in [2.75, 3.05) is 18.0 Å². The van der Waals surface area contributed by atoms with Gasteiger partial charge in [-0.15, -0.1) is 0 Å². The maximum Gasteiger partial charge on any atom is 0.309 e. The Hall–Kier alpha value is -2.15. The molecule has 2 aliphatic heterocycles. The molecular formula is C21H24BrN3O3. The van der Waals surface area contributed by atoms with Crippen LogP contribution in [0.1, 0.15) is 44.8 Å². The van der Waals surface area contributed by atoms with Crippen molar-refractivity contribution < 1.29 is 14.3 Å². The molecule has 2 aromatic rings. The SMILES string of the molecule is CC1(C)C[C@H](OC(=O)C2CCN(c3cnccn3)CC2)c2cc(Br)ccc2O1. The number of fused-ring (bicyclic) bond motifs is 1. The molecule has 1 fully saturated rings.